The minimum Gasteiger partial charge on any atom is -0.317 e. The van der Waals surface area contributed by atoms with Gasteiger partial charge in [0.15, 0.2) is 9.84 Å². The Morgan fingerprint density at radius 1 is 1.24 bits per heavy atom. The Balaban J connectivity index is 2.30. The lowest BCUT2D eigenvalue weighted by Crippen LogP contribution is -2.15. The number of hydrogen-bond donors (Lipinski definition) is 0. The summed E-state index contributed by atoms with van der Waals surface area (Å²) in [5, 5.41) is 7.79. The highest BCUT2D eigenvalue weighted by molar-refractivity contribution is 7.90. The Morgan fingerprint density at radius 3 is 2.43 bits per heavy atom. The van der Waals surface area contributed by atoms with Crippen LogP contribution in [0.25, 0.3) is 0 Å². The molecule has 2 aromatic rings. The molecule has 0 saturated heterocycles. The lowest BCUT2D eigenvalue weighted by atomic mass is 10.2. The van der Waals surface area contributed by atoms with Gasteiger partial charge in [-0.2, -0.15) is 0 Å². The summed E-state index contributed by atoms with van der Waals surface area (Å²) in [5.41, 5.74) is 0.600. The van der Waals surface area contributed by atoms with Crippen molar-refractivity contribution < 1.29 is 8.42 Å². The summed E-state index contributed by atoms with van der Waals surface area (Å²) in [5.74, 6) is 0.910. The number of hydrogen-bond acceptors (Lipinski definition) is 4. The minimum atomic E-state index is -3.43. The highest BCUT2D eigenvalue weighted by Crippen LogP contribution is 2.30. The molecule has 21 heavy (non-hydrogen) atoms. The lowest BCUT2D eigenvalue weighted by molar-refractivity contribution is 0.582. The van der Waals surface area contributed by atoms with Gasteiger partial charge in [-0.25, -0.2) is 8.42 Å². The third-order valence-electron chi connectivity index (χ3n) is 3.46. The topological polar surface area (TPSA) is 64.8 Å². The van der Waals surface area contributed by atoms with E-state index in [9.17, 15) is 8.42 Å². The van der Waals surface area contributed by atoms with Crippen molar-refractivity contribution in [3.8, 4) is 0 Å². The average molecular weight is 348 g/mol. The molecule has 0 unspecified atom stereocenters. The monoisotopic (exact) mass is 347 g/mol. The SMILES string of the molecule is Cc1nnc(CS(=O)(=O)[C@@H](C)c2ccc(Cl)c(Cl)c2)n1C. The second-order valence-electron chi connectivity index (χ2n) is 4.85. The van der Waals surface area contributed by atoms with Gasteiger partial charge in [0.05, 0.1) is 15.3 Å². The lowest BCUT2D eigenvalue weighted by Gasteiger charge is -2.14. The molecule has 0 aliphatic heterocycles. The van der Waals surface area contributed by atoms with Crippen LogP contribution in [-0.4, -0.2) is 23.2 Å². The zero-order valence-corrected chi connectivity index (χ0v) is 14.2. The first-order valence-corrected chi connectivity index (χ1v) is 8.71. The van der Waals surface area contributed by atoms with Crippen molar-refractivity contribution in [2.45, 2.75) is 24.9 Å². The fourth-order valence-corrected chi connectivity index (χ4v) is 3.58. The Labute approximate surface area is 133 Å². The van der Waals surface area contributed by atoms with Crippen LogP contribution in [0, 0.1) is 6.92 Å². The van der Waals surface area contributed by atoms with Gasteiger partial charge in [-0.1, -0.05) is 29.3 Å². The van der Waals surface area contributed by atoms with Crippen LogP contribution in [0.1, 0.15) is 29.4 Å². The molecule has 2 rings (SSSR count). The maximum absolute atomic E-state index is 12.5. The summed E-state index contributed by atoms with van der Waals surface area (Å²) in [7, 11) is -1.69. The molecule has 5 nitrogen and oxygen atoms in total. The molecule has 0 radical (unpaired) electrons. The molecule has 0 amide bonds. The third-order valence-corrected chi connectivity index (χ3v) is 6.21. The number of halogens is 2. The van der Waals surface area contributed by atoms with Gasteiger partial charge in [0.25, 0.3) is 0 Å². The van der Waals surface area contributed by atoms with Crippen molar-refractivity contribution in [2.24, 2.45) is 7.05 Å². The second kappa shape index (κ2) is 5.94. The fourth-order valence-electron chi connectivity index (χ4n) is 1.85. The summed E-state index contributed by atoms with van der Waals surface area (Å²) in [6, 6.07) is 4.84. The van der Waals surface area contributed by atoms with Crippen molar-refractivity contribution in [3.05, 3.63) is 45.5 Å². The maximum atomic E-state index is 12.5. The predicted octanol–water partition coefficient (Wildman–Crippen LogP) is 3.11. The Morgan fingerprint density at radius 2 is 1.90 bits per heavy atom. The van der Waals surface area contributed by atoms with Gasteiger partial charge in [0.1, 0.15) is 17.4 Å². The van der Waals surface area contributed by atoms with Crippen LogP contribution in [0.5, 0.6) is 0 Å². The Hall–Kier alpha value is -1.11. The Kier molecular flexibility index (Phi) is 4.60. The molecule has 114 valence electrons. The summed E-state index contributed by atoms with van der Waals surface area (Å²) in [6.45, 7) is 3.39. The van der Waals surface area contributed by atoms with Crippen molar-refractivity contribution >= 4 is 33.0 Å². The van der Waals surface area contributed by atoms with E-state index in [1.165, 1.54) is 0 Å². The first-order valence-electron chi connectivity index (χ1n) is 6.23. The number of aromatic nitrogens is 3. The number of sulfone groups is 1. The molecule has 1 heterocycles. The molecule has 0 bridgehead atoms. The standard InChI is InChI=1S/C13H15Cl2N3O2S/c1-8(10-4-5-11(14)12(15)6-10)21(19,20)7-13-17-16-9(2)18(13)3/h4-6,8H,7H2,1-3H3/t8-/m0/s1. The first-order chi connectivity index (χ1) is 9.72. The first kappa shape index (κ1) is 16.3. The zero-order valence-electron chi connectivity index (χ0n) is 11.8. The molecule has 0 saturated carbocycles. The number of aryl methyl sites for hydroxylation is 1. The third kappa shape index (κ3) is 3.39. The molecule has 0 aliphatic rings. The van der Waals surface area contributed by atoms with Crippen molar-refractivity contribution in [1.82, 2.24) is 14.8 Å². The molecule has 1 atom stereocenters. The molecular formula is C13H15Cl2N3O2S. The molecule has 1 aromatic carbocycles. The Bertz CT molecular complexity index is 772. The van der Waals surface area contributed by atoms with Crippen LogP contribution in [0.15, 0.2) is 18.2 Å². The number of rotatable bonds is 4. The van der Waals surface area contributed by atoms with Gasteiger partial charge in [0.2, 0.25) is 0 Å². The van der Waals surface area contributed by atoms with E-state index in [0.717, 1.165) is 0 Å². The second-order valence-corrected chi connectivity index (χ2v) is 7.98. The molecule has 0 fully saturated rings. The predicted molar refractivity (Wildman–Crippen MR) is 83.2 cm³/mol. The van der Waals surface area contributed by atoms with Gasteiger partial charge in [0, 0.05) is 7.05 Å². The smallest absolute Gasteiger partial charge is 0.164 e. The quantitative estimate of drug-likeness (QED) is 0.852. The minimum absolute atomic E-state index is 0.175. The zero-order chi connectivity index (χ0) is 15.8. The van der Waals surface area contributed by atoms with E-state index in [-0.39, 0.29) is 5.75 Å². The molecule has 1 aromatic heterocycles. The van der Waals surface area contributed by atoms with Crippen LogP contribution >= 0.6 is 23.2 Å². The van der Waals surface area contributed by atoms with Gasteiger partial charge >= 0.3 is 0 Å². The van der Waals surface area contributed by atoms with Crippen LogP contribution < -0.4 is 0 Å². The molecule has 8 heteroatoms. The maximum Gasteiger partial charge on any atom is 0.164 e. The summed E-state index contributed by atoms with van der Waals surface area (Å²) >= 11 is 11.8. The highest BCUT2D eigenvalue weighted by atomic mass is 35.5. The van der Waals surface area contributed by atoms with E-state index in [1.807, 2.05) is 0 Å². The van der Waals surface area contributed by atoms with Crippen LogP contribution in [0.2, 0.25) is 10.0 Å². The van der Waals surface area contributed by atoms with E-state index in [1.54, 1.807) is 43.7 Å². The summed E-state index contributed by atoms with van der Waals surface area (Å²) in [4.78, 5) is 0. The van der Waals surface area contributed by atoms with Crippen molar-refractivity contribution in [1.29, 1.82) is 0 Å². The number of nitrogens with zero attached hydrogens (tertiary/aromatic N) is 3. The van der Waals surface area contributed by atoms with Gasteiger partial charge in [-0.3, -0.25) is 0 Å². The van der Waals surface area contributed by atoms with E-state index in [0.29, 0.717) is 27.3 Å². The van der Waals surface area contributed by atoms with E-state index >= 15 is 0 Å². The van der Waals surface area contributed by atoms with Crippen LogP contribution in [0.4, 0.5) is 0 Å². The van der Waals surface area contributed by atoms with Gasteiger partial charge in [-0.15, -0.1) is 10.2 Å². The van der Waals surface area contributed by atoms with E-state index in [2.05, 4.69) is 10.2 Å². The van der Waals surface area contributed by atoms with Crippen molar-refractivity contribution in [3.63, 3.8) is 0 Å². The average Bonchev–Trinajstić information content (AvgIpc) is 2.72. The summed E-state index contributed by atoms with van der Waals surface area (Å²) in [6.07, 6.45) is 0. The largest absolute Gasteiger partial charge is 0.317 e. The van der Waals surface area contributed by atoms with Gasteiger partial charge in [-0.05, 0) is 31.5 Å². The number of benzene rings is 1. The fraction of sp³-hybridized carbons (Fsp3) is 0.385. The molecule has 0 spiro atoms. The molecular weight excluding hydrogens is 333 g/mol. The van der Waals surface area contributed by atoms with E-state index < -0.39 is 15.1 Å². The van der Waals surface area contributed by atoms with E-state index in [4.69, 9.17) is 23.2 Å². The van der Waals surface area contributed by atoms with Crippen LogP contribution in [0.3, 0.4) is 0 Å². The normalized spacial score (nSPS) is 13.4. The van der Waals surface area contributed by atoms with Gasteiger partial charge < -0.3 is 4.57 Å². The highest BCUT2D eigenvalue weighted by Gasteiger charge is 2.26. The van der Waals surface area contributed by atoms with Crippen LogP contribution in [-0.2, 0) is 22.6 Å². The van der Waals surface area contributed by atoms with Crippen molar-refractivity contribution in [2.75, 3.05) is 0 Å². The summed E-state index contributed by atoms with van der Waals surface area (Å²) < 4.78 is 26.7. The molecule has 0 N–H and O–H groups in total. The molecule has 0 aliphatic carbocycles.